The highest BCUT2D eigenvalue weighted by atomic mass is 16.5. The molecule has 2 N–H and O–H groups in total. The molecule has 0 bridgehead atoms. The van der Waals surface area contributed by atoms with Gasteiger partial charge in [-0.25, -0.2) is 0 Å². The first-order valence-corrected chi connectivity index (χ1v) is 9.71. The summed E-state index contributed by atoms with van der Waals surface area (Å²) in [5.74, 6) is 2.40. The van der Waals surface area contributed by atoms with E-state index >= 15 is 0 Å². The van der Waals surface area contributed by atoms with Crippen LogP contribution >= 0.6 is 0 Å². The Morgan fingerprint density at radius 1 is 1.11 bits per heavy atom. The third kappa shape index (κ3) is 3.93. The van der Waals surface area contributed by atoms with Crippen LogP contribution < -0.4 is 20.1 Å². The van der Waals surface area contributed by atoms with Crippen LogP contribution in [-0.4, -0.2) is 25.6 Å². The van der Waals surface area contributed by atoms with E-state index in [1.807, 2.05) is 55.5 Å². The predicted molar refractivity (Wildman–Crippen MR) is 105 cm³/mol. The van der Waals surface area contributed by atoms with Crippen molar-refractivity contribution in [1.82, 2.24) is 5.32 Å². The van der Waals surface area contributed by atoms with Crippen LogP contribution in [0.1, 0.15) is 26.2 Å². The number of piperidine rings is 1. The first-order chi connectivity index (χ1) is 13.2. The van der Waals surface area contributed by atoms with Crippen molar-refractivity contribution >= 4 is 11.6 Å². The SMILES string of the molecule is CCOc1ccc(Oc2ccccc2NC(=O)C2CC23CCNCC3)cc1. The van der Waals surface area contributed by atoms with Gasteiger partial charge in [-0.05, 0) is 81.1 Å². The lowest BCUT2D eigenvalue weighted by molar-refractivity contribution is -0.118. The maximum absolute atomic E-state index is 12.8. The maximum Gasteiger partial charge on any atom is 0.228 e. The minimum absolute atomic E-state index is 0.111. The zero-order chi connectivity index (χ0) is 18.7. The van der Waals surface area contributed by atoms with Crippen LogP contribution in [0, 0.1) is 11.3 Å². The molecular formula is C22H26N2O3. The molecule has 1 saturated carbocycles. The van der Waals surface area contributed by atoms with Crippen molar-refractivity contribution in [3.05, 3.63) is 48.5 Å². The van der Waals surface area contributed by atoms with Crippen molar-refractivity contribution in [2.45, 2.75) is 26.2 Å². The topological polar surface area (TPSA) is 59.6 Å². The molecule has 1 atom stereocenters. The zero-order valence-electron chi connectivity index (χ0n) is 15.7. The number of carbonyl (C=O) groups is 1. The quantitative estimate of drug-likeness (QED) is 0.804. The molecule has 2 aromatic carbocycles. The van der Waals surface area contributed by atoms with Gasteiger partial charge in [-0.2, -0.15) is 0 Å². The highest BCUT2D eigenvalue weighted by Crippen LogP contribution is 2.58. The van der Waals surface area contributed by atoms with Gasteiger partial charge in [-0.1, -0.05) is 12.1 Å². The van der Waals surface area contributed by atoms with E-state index in [1.54, 1.807) is 0 Å². The van der Waals surface area contributed by atoms with Crippen LogP contribution in [0.3, 0.4) is 0 Å². The fraction of sp³-hybridized carbons (Fsp3) is 0.409. The molecule has 2 aromatic rings. The molecule has 0 aromatic heterocycles. The van der Waals surface area contributed by atoms with E-state index in [0.29, 0.717) is 23.8 Å². The van der Waals surface area contributed by atoms with E-state index in [1.165, 1.54) is 0 Å². The summed E-state index contributed by atoms with van der Waals surface area (Å²) < 4.78 is 11.5. The molecule has 27 heavy (non-hydrogen) atoms. The molecule has 1 aliphatic carbocycles. The Hall–Kier alpha value is -2.53. The van der Waals surface area contributed by atoms with Crippen molar-refractivity contribution in [2.75, 3.05) is 25.0 Å². The summed E-state index contributed by atoms with van der Waals surface area (Å²) in [5.41, 5.74) is 0.938. The fourth-order valence-corrected chi connectivity index (χ4v) is 3.97. The lowest BCUT2D eigenvalue weighted by Gasteiger charge is -2.23. The van der Waals surface area contributed by atoms with E-state index in [-0.39, 0.29) is 17.2 Å². The smallest absolute Gasteiger partial charge is 0.228 e. The molecule has 0 radical (unpaired) electrons. The average Bonchev–Trinajstić information content (AvgIpc) is 3.38. The Kier molecular flexibility index (Phi) is 5.03. The second-order valence-corrected chi connectivity index (χ2v) is 7.36. The van der Waals surface area contributed by atoms with Crippen LogP contribution in [0.4, 0.5) is 5.69 Å². The Morgan fingerprint density at radius 2 is 1.81 bits per heavy atom. The van der Waals surface area contributed by atoms with Gasteiger partial charge in [-0.15, -0.1) is 0 Å². The second kappa shape index (κ2) is 7.61. The summed E-state index contributed by atoms with van der Waals surface area (Å²) >= 11 is 0. The summed E-state index contributed by atoms with van der Waals surface area (Å²) in [5, 5.41) is 6.46. The highest BCUT2D eigenvalue weighted by molar-refractivity contribution is 5.96. The molecule has 1 aliphatic heterocycles. The number of carbonyl (C=O) groups excluding carboxylic acids is 1. The number of benzene rings is 2. The van der Waals surface area contributed by atoms with Crippen LogP contribution in [0.15, 0.2) is 48.5 Å². The highest BCUT2D eigenvalue weighted by Gasteiger charge is 2.57. The Labute approximate surface area is 160 Å². The zero-order valence-corrected chi connectivity index (χ0v) is 15.7. The summed E-state index contributed by atoms with van der Waals surface area (Å²) in [6, 6.07) is 15.1. The molecule has 1 amide bonds. The maximum atomic E-state index is 12.8. The number of amides is 1. The minimum atomic E-state index is 0.111. The fourth-order valence-electron chi connectivity index (χ4n) is 3.97. The Morgan fingerprint density at radius 3 is 2.56 bits per heavy atom. The molecule has 1 spiro atoms. The number of hydrogen-bond donors (Lipinski definition) is 2. The summed E-state index contributed by atoms with van der Waals surface area (Å²) in [6.07, 6.45) is 3.19. The lowest BCUT2D eigenvalue weighted by Crippen LogP contribution is -2.31. The van der Waals surface area contributed by atoms with Gasteiger partial charge < -0.3 is 20.1 Å². The Bertz CT molecular complexity index is 797. The van der Waals surface area contributed by atoms with Crippen molar-refractivity contribution in [1.29, 1.82) is 0 Å². The van der Waals surface area contributed by atoms with Gasteiger partial charge in [0.15, 0.2) is 5.75 Å². The molecule has 1 heterocycles. The van der Waals surface area contributed by atoms with Gasteiger partial charge >= 0.3 is 0 Å². The van der Waals surface area contributed by atoms with Gasteiger partial charge in [0.25, 0.3) is 0 Å². The van der Waals surface area contributed by atoms with Crippen molar-refractivity contribution < 1.29 is 14.3 Å². The van der Waals surface area contributed by atoms with Crippen LogP contribution in [0.5, 0.6) is 17.2 Å². The third-order valence-electron chi connectivity index (χ3n) is 5.61. The average molecular weight is 366 g/mol. The van der Waals surface area contributed by atoms with Crippen molar-refractivity contribution in [3.63, 3.8) is 0 Å². The molecule has 5 nitrogen and oxygen atoms in total. The van der Waals surface area contributed by atoms with E-state index in [4.69, 9.17) is 9.47 Å². The van der Waals surface area contributed by atoms with E-state index in [2.05, 4.69) is 10.6 Å². The Balaban J connectivity index is 1.43. The number of anilines is 1. The van der Waals surface area contributed by atoms with E-state index in [0.717, 1.165) is 38.1 Å². The van der Waals surface area contributed by atoms with Gasteiger partial charge in [0.05, 0.1) is 12.3 Å². The minimum Gasteiger partial charge on any atom is -0.494 e. The molecule has 4 rings (SSSR count). The third-order valence-corrected chi connectivity index (χ3v) is 5.61. The second-order valence-electron chi connectivity index (χ2n) is 7.36. The predicted octanol–water partition coefficient (Wildman–Crippen LogP) is 4.21. The number of para-hydroxylation sites is 2. The molecule has 5 heteroatoms. The monoisotopic (exact) mass is 366 g/mol. The largest absolute Gasteiger partial charge is 0.494 e. The normalized spacial score (nSPS) is 20.1. The molecule has 142 valence electrons. The van der Waals surface area contributed by atoms with Gasteiger partial charge in [0.2, 0.25) is 5.91 Å². The molecule has 2 aliphatic rings. The summed E-state index contributed by atoms with van der Waals surface area (Å²) in [6.45, 7) is 4.62. The standard InChI is InChI=1S/C22H26N2O3/c1-2-26-16-7-9-17(10-8-16)27-20-6-4-3-5-19(20)24-21(25)18-15-22(18)11-13-23-14-12-22/h3-10,18,23H,2,11-15H2,1H3,(H,24,25). The molecular weight excluding hydrogens is 340 g/mol. The van der Waals surface area contributed by atoms with Gasteiger partial charge in [0, 0.05) is 5.92 Å². The first kappa shape index (κ1) is 17.9. The molecule has 1 saturated heterocycles. The first-order valence-electron chi connectivity index (χ1n) is 9.71. The van der Waals surface area contributed by atoms with Gasteiger partial charge in [0.1, 0.15) is 11.5 Å². The van der Waals surface area contributed by atoms with Crippen LogP contribution in [0.25, 0.3) is 0 Å². The molecule has 2 fully saturated rings. The van der Waals surface area contributed by atoms with Crippen LogP contribution in [-0.2, 0) is 4.79 Å². The number of rotatable bonds is 6. The number of nitrogens with one attached hydrogen (secondary N) is 2. The summed E-state index contributed by atoms with van der Waals surface area (Å²) in [7, 11) is 0. The van der Waals surface area contributed by atoms with Crippen LogP contribution in [0.2, 0.25) is 0 Å². The number of ether oxygens (including phenoxy) is 2. The van der Waals surface area contributed by atoms with Gasteiger partial charge in [-0.3, -0.25) is 4.79 Å². The molecule has 1 unspecified atom stereocenters. The lowest BCUT2D eigenvalue weighted by atomic mass is 9.92. The number of hydrogen-bond acceptors (Lipinski definition) is 4. The van der Waals surface area contributed by atoms with Crippen molar-refractivity contribution in [3.8, 4) is 17.2 Å². The summed E-state index contributed by atoms with van der Waals surface area (Å²) in [4.78, 5) is 12.8. The van der Waals surface area contributed by atoms with E-state index < -0.39 is 0 Å². The van der Waals surface area contributed by atoms with Crippen molar-refractivity contribution in [2.24, 2.45) is 11.3 Å². The van der Waals surface area contributed by atoms with E-state index in [9.17, 15) is 4.79 Å².